The number of fused-ring (bicyclic) bond motifs is 1. The van der Waals surface area contributed by atoms with Crippen molar-refractivity contribution < 1.29 is 4.79 Å². The maximum Gasteiger partial charge on any atom is 0.167 e. The third kappa shape index (κ3) is 1.07. The molecular weight excluding hydrogens is 174 g/mol. The number of anilines is 1. The van der Waals surface area contributed by atoms with E-state index in [-0.39, 0.29) is 0 Å². The van der Waals surface area contributed by atoms with E-state index >= 15 is 0 Å². The predicted molar refractivity (Wildman–Crippen MR) is 55.9 cm³/mol. The van der Waals surface area contributed by atoms with Gasteiger partial charge in [0.25, 0.3) is 0 Å². The Morgan fingerprint density at radius 1 is 1.14 bits per heavy atom. The van der Waals surface area contributed by atoms with Gasteiger partial charge in [-0.1, -0.05) is 6.07 Å². The van der Waals surface area contributed by atoms with Crippen LogP contribution in [0.25, 0.3) is 0 Å². The molecule has 72 valence electrons. The fourth-order valence-corrected chi connectivity index (χ4v) is 2.31. The normalized spacial score (nSPS) is 19.4. The molecule has 1 aliphatic heterocycles. The Morgan fingerprint density at radius 3 is 2.64 bits per heavy atom. The van der Waals surface area contributed by atoms with Gasteiger partial charge in [0.15, 0.2) is 5.78 Å². The number of carbonyl (C=O) groups excluding carboxylic acids is 1. The molecule has 0 aromatic heterocycles. The van der Waals surface area contributed by atoms with Crippen molar-refractivity contribution in [1.82, 2.24) is 0 Å². The number of nitrogens with zero attached hydrogens (tertiary/aromatic N) is 1. The molecule has 0 bridgehead atoms. The van der Waals surface area contributed by atoms with Gasteiger partial charge >= 0.3 is 0 Å². The SMILES string of the molecule is O=C1Cc2ccc(N3CCCC3)cc21. The highest BCUT2D eigenvalue weighted by molar-refractivity contribution is 6.07. The first kappa shape index (κ1) is 8.04. The average molecular weight is 187 g/mol. The van der Waals surface area contributed by atoms with Crippen LogP contribution in [0.5, 0.6) is 0 Å². The third-order valence-corrected chi connectivity index (χ3v) is 3.22. The summed E-state index contributed by atoms with van der Waals surface area (Å²) >= 11 is 0. The number of hydrogen-bond donors (Lipinski definition) is 0. The van der Waals surface area contributed by atoms with E-state index in [2.05, 4.69) is 23.1 Å². The highest BCUT2D eigenvalue weighted by atomic mass is 16.1. The van der Waals surface area contributed by atoms with Gasteiger partial charge in [-0.05, 0) is 30.5 Å². The van der Waals surface area contributed by atoms with Crippen molar-refractivity contribution in [1.29, 1.82) is 0 Å². The minimum atomic E-state index is 0.307. The minimum Gasteiger partial charge on any atom is -0.372 e. The lowest BCUT2D eigenvalue weighted by atomic mass is 9.87. The van der Waals surface area contributed by atoms with Crippen molar-refractivity contribution >= 4 is 11.5 Å². The number of benzene rings is 1. The van der Waals surface area contributed by atoms with Gasteiger partial charge in [-0.2, -0.15) is 0 Å². The lowest BCUT2D eigenvalue weighted by Crippen LogP contribution is -2.22. The van der Waals surface area contributed by atoms with Crippen molar-refractivity contribution in [3.05, 3.63) is 29.3 Å². The smallest absolute Gasteiger partial charge is 0.167 e. The molecule has 2 aliphatic rings. The van der Waals surface area contributed by atoms with Crippen LogP contribution in [0, 0.1) is 0 Å². The molecule has 0 N–H and O–H groups in total. The molecule has 1 aliphatic carbocycles. The summed E-state index contributed by atoms with van der Waals surface area (Å²) in [4.78, 5) is 13.6. The molecule has 0 unspecified atom stereocenters. The fourth-order valence-electron chi connectivity index (χ4n) is 2.31. The van der Waals surface area contributed by atoms with Crippen molar-refractivity contribution in [2.24, 2.45) is 0 Å². The Bertz CT molecular complexity index is 391. The quantitative estimate of drug-likeness (QED) is 0.670. The highest BCUT2D eigenvalue weighted by Gasteiger charge is 2.24. The molecular formula is C12H13NO. The molecule has 1 aromatic carbocycles. The number of hydrogen-bond acceptors (Lipinski definition) is 2. The zero-order chi connectivity index (χ0) is 9.54. The van der Waals surface area contributed by atoms with Crippen LogP contribution in [0.1, 0.15) is 28.8 Å². The third-order valence-electron chi connectivity index (χ3n) is 3.22. The molecule has 0 amide bonds. The minimum absolute atomic E-state index is 0.307. The lowest BCUT2D eigenvalue weighted by molar-refractivity contribution is 0.0968. The summed E-state index contributed by atoms with van der Waals surface area (Å²) in [5.74, 6) is 0.307. The topological polar surface area (TPSA) is 20.3 Å². The number of Topliss-reactive ketones (excluding diaryl/α,β-unsaturated/α-hetero) is 1. The lowest BCUT2D eigenvalue weighted by Gasteiger charge is -2.23. The summed E-state index contributed by atoms with van der Waals surface area (Å²) in [5, 5.41) is 0. The second-order valence-corrected chi connectivity index (χ2v) is 4.14. The number of ketones is 1. The Kier molecular flexibility index (Phi) is 1.63. The van der Waals surface area contributed by atoms with Crippen LogP contribution in [0.3, 0.4) is 0 Å². The zero-order valence-electron chi connectivity index (χ0n) is 8.12. The molecule has 2 nitrogen and oxygen atoms in total. The van der Waals surface area contributed by atoms with Crippen LogP contribution < -0.4 is 4.90 Å². The summed E-state index contributed by atoms with van der Waals surface area (Å²) in [5.41, 5.74) is 3.40. The summed E-state index contributed by atoms with van der Waals surface area (Å²) < 4.78 is 0. The summed E-state index contributed by atoms with van der Waals surface area (Å²) in [7, 11) is 0. The predicted octanol–water partition coefficient (Wildman–Crippen LogP) is 2.03. The van der Waals surface area contributed by atoms with Crippen LogP contribution in [0.15, 0.2) is 18.2 Å². The van der Waals surface area contributed by atoms with E-state index in [1.54, 1.807) is 0 Å². The van der Waals surface area contributed by atoms with Crippen LogP contribution in [0.4, 0.5) is 5.69 Å². The van der Waals surface area contributed by atoms with Gasteiger partial charge in [0.2, 0.25) is 0 Å². The van der Waals surface area contributed by atoms with Gasteiger partial charge in [-0.15, -0.1) is 0 Å². The van der Waals surface area contributed by atoms with E-state index in [4.69, 9.17) is 0 Å². The first-order valence-electron chi connectivity index (χ1n) is 5.26. The van der Waals surface area contributed by atoms with Gasteiger partial charge in [0.1, 0.15) is 0 Å². The first-order chi connectivity index (χ1) is 6.84. The molecule has 14 heavy (non-hydrogen) atoms. The fraction of sp³-hybridized carbons (Fsp3) is 0.417. The maximum absolute atomic E-state index is 11.3. The molecule has 0 saturated carbocycles. The molecule has 1 saturated heterocycles. The van der Waals surface area contributed by atoms with Crippen LogP contribution >= 0.6 is 0 Å². The van der Waals surface area contributed by atoms with Gasteiger partial charge in [0.05, 0.1) is 0 Å². The second-order valence-electron chi connectivity index (χ2n) is 4.14. The average Bonchev–Trinajstić information content (AvgIpc) is 2.69. The van der Waals surface area contributed by atoms with Crippen LogP contribution in [0.2, 0.25) is 0 Å². The van der Waals surface area contributed by atoms with E-state index in [0.29, 0.717) is 12.2 Å². The second kappa shape index (κ2) is 2.84. The molecule has 1 aromatic rings. The number of carbonyl (C=O) groups is 1. The van der Waals surface area contributed by atoms with Crippen molar-refractivity contribution in [3.8, 4) is 0 Å². The van der Waals surface area contributed by atoms with Crippen molar-refractivity contribution in [2.45, 2.75) is 19.3 Å². The zero-order valence-corrected chi connectivity index (χ0v) is 8.12. The van der Waals surface area contributed by atoms with E-state index in [0.717, 1.165) is 18.7 Å². The van der Waals surface area contributed by atoms with E-state index in [9.17, 15) is 4.79 Å². The molecule has 1 fully saturated rings. The van der Waals surface area contributed by atoms with Gasteiger partial charge < -0.3 is 4.90 Å². The number of rotatable bonds is 1. The van der Waals surface area contributed by atoms with Gasteiger partial charge in [0, 0.05) is 30.8 Å². The van der Waals surface area contributed by atoms with E-state index in [1.165, 1.54) is 24.1 Å². The van der Waals surface area contributed by atoms with E-state index < -0.39 is 0 Å². The Labute approximate surface area is 83.5 Å². The molecule has 2 heteroatoms. The Hall–Kier alpha value is -1.31. The molecule has 0 radical (unpaired) electrons. The first-order valence-corrected chi connectivity index (χ1v) is 5.26. The van der Waals surface area contributed by atoms with Crippen molar-refractivity contribution in [2.75, 3.05) is 18.0 Å². The van der Waals surface area contributed by atoms with Crippen molar-refractivity contribution in [3.63, 3.8) is 0 Å². The van der Waals surface area contributed by atoms with E-state index in [1.807, 2.05) is 0 Å². The standard InChI is InChI=1S/C12H13NO/c14-12-7-9-3-4-10(8-11(9)12)13-5-1-2-6-13/h3-4,8H,1-2,5-7H2. The molecule has 0 atom stereocenters. The molecule has 1 heterocycles. The Morgan fingerprint density at radius 2 is 1.93 bits per heavy atom. The maximum atomic E-state index is 11.3. The largest absolute Gasteiger partial charge is 0.372 e. The van der Waals surface area contributed by atoms with Gasteiger partial charge in [-0.3, -0.25) is 4.79 Å². The summed E-state index contributed by atoms with van der Waals surface area (Å²) in [6, 6.07) is 6.31. The molecule has 0 spiro atoms. The van der Waals surface area contributed by atoms with Gasteiger partial charge in [-0.25, -0.2) is 0 Å². The summed E-state index contributed by atoms with van der Waals surface area (Å²) in [6.07, 6.45) is 3.21. The monoisotopic (exact) mass is 187 g/mol. The molecule has 3 rings (SSSR count). The Balaban J connectivity index is 1.95. The van der Waals surface area contributed by atoms with Crippen LogP contribution in [-0.2, 0) is 6.42 Å². The summed E-state index contributed by atoms with van der Waals surface area (Å²) in [6.45, 7) is 2.29. The highest BCUT2D eigenvalue weighted by Crippen LogP contribution is 2.29. The van der Waals surface area contributed by atoms with Crippen LogP contribution in [-0.4, -0.2) is 18.9 Å².